The van der Waals surface area contributed by atoms with Gasteiger partial charge in [-0.25, -0.2) is 9.67 Å². The van der Waals surface area contributed by atoms with Gasteiger partial charge in [-0.1, -0.05) is 15.9 Å². The van der Waals surface area contributed by atoms with Crippen LogP contribution in [0.1, 0.15) is 26.5 Å². The van der Waals surface area contributed by atoms with E-state index in [1.807, 2.05) is 20.8 Å². The van der Waals surface area contributed by atoms with Gasteiger partial charge in [0.05, 0.1) is 5.69 Å². The molecule has 0 amide bonds. The average molecular weight is 417 g/mol. The maximum absolute atomic E-state index is 11.9. The number of halogens is 1. The largest absolute Gasteiger partial charge is 0.480 e. The number of fused-ring (bicyclic) bond motifs is 1. The third-order valence-electron chi connectivity index (χ3n) is 2.82. The minimum Gasteiger partial charge on any atom is -0.480 e. The summed E-state index contributed by atoms with van der Waals surface area (Å²) in [6.07, 6.45) is 1.22. The molecule has 0 saturated heterocycles. The number of ether oxygens (including phenoxy) is 1. The van der Waals surface area contributed by atoms with Crippen molar-refractivity contribution in [2.45, 2.75) is 39.8 Å². The van der Waals surface area contributed by atoms with E-state index < -0.39 is 12.5 Å². The number of aromatic nitrogens is 4. The normalized spacial score (nSPS) is 11.0. The Bertz CT molecular complexity index is 835. The maximum Gasteiger partial charge on any atom is 0.323 e. The SMILES string of the molecule is CC(C)(C)OC(=O)CBr.Cc1nn(C)c2ncn(CC(=O)O)c(=O)c12. The van der Waals surface area contributed by atoms with Crippen LogP contribution >= 0.6 is 15.9 Å². The summed E-state index contributed by atoms with van der Waals surface area (Å²) in [6.45, 7) is 6.82. The Morgan fingerprint density at radius 2 is 1.96 bits per heavy atom. The van der Waals surface area contributed by atoms with Crippen LogP contribution in [0.3, 0.4) is 0 Å². The molecule has 0 unspecified atom stereocenters. The first-order valence-corrected chi connectivity index (χ1v) is 8.46. The molecule has 9 nitrogen and oxygen atoms in total. The lowest BCUT2D eigenvalue weighted by Crippen LogP contribution is -2.24. The van der Waals surface area contributed by atoms with Gasteiger partial charge in [0.1, 0.15) is 29.2 Å². The van der Waals surface area contributed by atoms with E-state index in [-0.39, 0.29) is 22.5 Å². The summed E-state index contributed by atoms with van der Waals surface area (Å²) in [7, 11) is 1.68. The summed E-state index contributed by atoms with van der Waals surface area (Å²) in [6, 6.07) is 0. The molecule has 2 rings (SSSR count). The van der Waals surface area contributed by atoms with Gasteiger partial charge in [-0.05, 0) is 27.7 Å². The second-order valence-corrected chi connectivity index (χ2v) is 6.76. The van der Waals surface area contributed by atoms with Crippen molar-refractivity contribution in [2.24, 2.45) is 7.05 Å². The van der Waals surface area contributed by atoms with Crippen molar-refractivity contribution in [3.8, 4) is 0 Å². The fraction of sp³-hybridized carbons (Fsp3) is 0.533. The molecule has 138 valence electrons. The molecular weight excluding hydrogens is 396 g/mol. The van der Waals surface area contributed by atoms with Gasteiger partial charge in [0, 0.05) is 7.05 Å². The predicted octanol–water partition coefficient (Wildman–Crippen LogP) is 1.25. The number of hydrogen-bond donors (Lipinski definition) is 1. The maximum atomic E-state index is 11.9. The molecule has 0 spiro atoms. The number of hydrogen-bond acceptors (Lipinski definition) is 6. The molecule has 0 fully saturated rings. The number of carboxylic acid groups (broad SMARTS) is 1. The molecular formula is C15H21BrN4O5. The van der Waals surface area contributed by atoms with E-state index in [0.29, 0.717) is 16.7 Å². The van der Waals surface area contributed by atoms with Crippen LogP contribution < -0.4 is 5.56 Å². The van der Waals surface area contributed by atoms with Gasteiger partial charge in [-0.15, -0.1) is 0 Å². The van der Waals surface area contributed by atoms with Crippen molar-refractivity contribution in [3.63, 3.8) is 0 Å². The van der Waals surface area contributed by atoms with E-state index in [4.69, 9.17) is 9.84 Å². The first-order valence-electron chi connectivity index (χ1n) is 7.34. The summed E-state index contributed by atoms with van der Waals surface area (Å²) in [5, 5.41) is 13.3. The highest BCUT2D eigenvalue weighted by Gasteiger charge is 2.14. The zero-order valence-electron chi connectivity index (χ0n) is 14.7. The number of carboxylic acids is 1. The molecule has 0 aliphatic heterocycles. The number of aliphatic carboxylic acids is 1. The Hall–Kier alpha value is -2.23. The van der Waals surface area contributed by atoms with Gasteiger partial charge < -0.3 is 9.84 Å². The number of nitrogens with zero attached hydrogens (tertiary/aromatic N) is 4. The zero-order valence-corrected chi connectivity index (χ0v) is 16.3. The lowest BCUT2D eigenvalue weighted by Gasteiger charge is -2.18. The summed E-state index contributed by atoms with van der Waals surface area (Å²) in [5.74, 6) is -1.30. The molecule has 0 atom stereocenters. The lowest BCUT2D eigenvalue weighted by molar-refractivity contribution is -0.151. The van der Waals surface area contributed by atoms with Crippen LogP contribution in [-0.2, 0) is 27.9 Å². The Balaban J connectivity index is 0.000000299. The highest BCUT2D eigenvalue weighted by atomic mass is 79.9. The molecule has 2 aromatic heterocycles. The zero-order chi connectivity index (χ0) is 19.4. The molecule has 0 aromatic carbocycles. The van der Waals surface area contributed by atoms with Crippen LogP contribution in [0.25, 0.3) is 11.0 Å². The van der Waals surface area contributed by atoms with Crippen LogP contribution in [0.15, 0.2) is 11.1 Å². The van der Waals surface area contributed by atoms with E-state index in [0.717, 1.165) is 4.57 Å². The Morgan fingerprint density at radius 1 is 1.36 bits per heavy atom. The lowest BCUT2D eigenvalue weighted by atomic mass is 10.2. The molecule has 25 heavy (non-hydrogen) atoms. The number of aryl methyl sites for hydroxylation is 2. The van der Waals surface area contributed by atoms with E-state index in [9.17, 15) is 14.4 Å². The molecule has 0 aliphatic rings. The van der Waals surface area contributed by atoms with Crippen LogP contribution in [-0.4, -0.2) is 47.3 Å². The Kier molecular flexibility index (Phi) is 6.86. The summed E-state index contributed by atoms with van der Waals surface area (Å²) in [5.41, 5.74) is 0.280. The predicted molar refractivity (Wildman–Crippen MR) is 94.8 cm³/mol. The topological polar surface area (TPSA) is 116 Å². The molecule has 0 radical (unpaired) electrons. The number of rotatable bonds is 3. The molecule has 0 bridgehead atoms. The van der Waals surface area contributed by atoms with Crippen molar-refractivity contribution in [1.82, 2.24) is 19.3 Å². The third kappa shape index (κ3) is 5.96. The molecule has 0 aliphatic carbocycles. The standard InChI is InChI=1S/C9H10N4O3.C6H11BrO2/c1-5-7-8(12(2)11-5)10-4-13(9(7)16)3-6(14)15;1-6(2,3)9-5(8)4-7/h4H,3H2,1-2H3,(H,14,15);4H2,1-3H3. The first kappa shape index (κ1) is 20.8. The van der Waals surface area contributed by atoms with E-state index in [1.165, 1.54) is 11.0 Å². The van der Waals surface area contributed by atoms with Gasteiger partial charge in [-0.2, -0.15) is 5.10 Å². The second-order valence-electron chi connectivity index (χ2n) is 6.20. The second kappa shape index (κ2) is 8.24. The van der Waals surface area contributed by atoms with Gasteiger partial charge in [0.2, 0.25) is 0 Å². The molecule has 0 saturated carbocycles. The van der Waals surface area contributed by atoms with Crippen molar-refractivity contribution >= 4 is 38.9 Å². The Labute approximate surface area is 152 Å². The van der Waals surface area contributed by atoms with Gasteiger partial charge in [0.15, 0.2) is 5.65 Å². The average Bonchev–Trinajstić information content (AvgIpc) is 2.75. The van der Waals surface area contributed by atoms with E-state index in [1.54, 1.807) is 14.0 Å². The van der Waals surface area contributed by atoms with Crippen LogP contribution in [0.5, 0.6) is 0 Å². The number of esters is 1. The van der Waals surface area contributed by atoms with E-state index in [2.05, 4.69) is 26.0 Å². The quantitative estimate of drug-likeness (QED) is 0.590. The highest BCUT2D eigenvalue weighted by molar-refractivity contribution is 9.09. The molecule has 10 heteroatoms. The van der Waals surface area contributed by atoms with Crippen LogP contribution in [0.4, 0.5) is 0 Å². The third-order valence-corrected chi connectivity index (χ3v) is 3.28. The minimum atomic E-state index is -1.08. The summed E-state index contributed by atoms with van der Waals surface area (Å²) in [4.78, 5) is 37.0. The van der Waals surface area contributed by atoms with Crippen molar-refractivity contribution < 1.29 is 19.4 Å². The molecule has 1 N–H and O–H groups in total. The first-order chi connectivity index (χ1) is 11.5. The number of alkyl halides is 1. The monoisotopic (exact) mass is 416 g/mol. The number of carbonyl (C=O) groups excluding carboxylic acids is 1. The minimum absolute atomic E-state index is 0.220. The van der Waals surface area contributed by atoms with Gasteiger partial charge >= 0.3 is 11.9 Å². The summed E-state index contributed by atoms with van der Waals surface area (Å²) >= 11 is 2.99. The Morgan fingerprint density at radius 3 is 2.40 bits per heavy atom. The smallest absolute Gasteiger partial charge is 0.323 e. The van der Waals surface area contributed by atoms with Crippen LogP contribution in [0, 0.1) is 6.92 Å². The fourth-order valence-electron chi connectivity index (χ4n) is 1.99. The van der Waals surface area contributed by atoms with Crippen molar-refractivity contribution in [1.29, 1.82) is 0 Å². The molecule has 2 heterocycles. The number of carbonyl (C=O) groups is 2. The van der Waals surface area contributed by atoms with Gasteiger partial charge in [0.25, 0.3) is 5.56 Å². The summed E-state index contributed by atoms with van der Waals surface area (Å²) < 4.78 is 7.45. The fourth-order valence-corrected chi connectivity index (χ4v) is 2.11. The van der Waals surface area contributed by atoms with Gasteiger partial charge in [-0.3, -0.25) is 19.0 Å². The highest BCUT2D eigenvalue weighted by Crippen LogP contribution is 2.09. The van der Waals surface area contributed by atoms with Crippen molar-refractivity contribution in [3.05, 3.63) is 22.4 Å². The van der Waals surface area contributed by atoms with Crippen molar-refractivity contribution in [2.75, 3.05) is 5.33 Å². The van der Waals surface area contributed by atoms with Crippen LogP contribution in [0.2, 0.25) is 0 Å². The molecule has 2 aromatic rings. The van der Waals surface area contributed by atoms with E-state index >= 15 is 0 Å².